The number of nitrogens with one attached hydrogen (secondary N) is 1. The molecule has 0 saturated heterocycles. The largest absolute Gasteiger partial charge is 0.398 e. The molecule has 0 bridgehead atoms. The number of carbonyl (C=O) groups is 1. The third-order valence-electron chi connectivity index (χ3n) is 4.10. The molecule has 0 aromatic heterocycles. The molecule has 126 valence electrons. The van der Waals surface area contributed by atoms with Crippen molar-refractivity contribution in [2.75, 3.05) is 5.73 Å². The number of halogens is 1. The van der Waals surface area contributed by atoms with Crippen LogP contribution >= 0.6 is 11.6 Å². The first-order valence-electron chi connectivity index (χ1n) is 8.08. The van der Waals surface area contributed by atoms with Crippen LogP contribution < -0.4 is 11.1 Å². The fraction of sp³-hybridized carbons (Fsp3) is 0.0952. The van der Waals surface area contributed by atoms with Crippen LogP contribution in [0.2, 0.25) is 0 Å². The summed E-state index contributed by atoms with van der Waals surface area (Å²) in [6, 6.07) is 23.4. The Morgan fingerprint density at radius 1 is 0.880 bits per heavy atom. The van der Waals surface area contributed by atoms with E-state index in [1.165, 1.54) is 5.56 Å². The molecule has 0 fully saturated rings. The number of benzene rings is 3. The summed E-state index contributed by atoms with van der Waals surface area (Å²) in [5, 5.41) is 2.88. The molecule has 0 amide bonds. The first-order valence-corrected chi connectivity index (χ1v) is 8.46. The zero-order valence-corrected chi connectivity index (χ0v) is 14.5. The molecule has 3 nitrogen and oxygen atoms in total. The van der Waals surface area contributed by atoms with Gasteiger partial charge in [0.25, 0.3) is 5.24 Å². The molecular weight excluding hydrogens is 332 g/mol. The zero-order chi connectivity index (χ0) is 17.6. The number of nitrogens with two attached hydrogens (primary N) is 1. The third-order valence-corrected chi connectivity index (χ3v) is 4.30. The quantitative estimate of drug-likeness (QED) is 0.504. The molecule has 0 aliphatic rings. The number of rotatable bonds is 6. The van der Waals surface area contributed by atoms with Crippen LogP contribution in [0, 0.1) is 0 Å². The topological polar surface area (TPSA) is 55.1 Å². The highest BCUT2D eigenvalue weighted by atomic mass is 35.5. The van der Waals surface area contributed by atoms with Gasteiger partial charge in [0, 0.05) is 29.9 Å². The van der Waals surface area contributed by atoms with Gasteiger partial charge in [-0.05, 0) is 34.4 Å². The van der Waals surface area contributed by atoms with Gasteiger partial charge in [-0.2, -0.15) is 0 Å². The van der Waals surface area contributed by atoms with Crippen LogP contribution in [0.15, 0.2) is 72.8 Å². The Balaban J connectivity index is 1.87. The molecule has 0 radical (unpaired) electrons. The summed E-state index contributed by atoms with van der Waals surface area (Å²) in [7, 11) is 0. The second-order valence-electron chi connectivity index (χ2n) is 5.79. The Kier molecular flexibility index (Phi) is 5.49. The minimum absolute atomic E-state index is 0.428. The van der Waals surface area contributed by atoms with Gasteiger partial charge in [0.05, 0.1) is 0 Å². The van der Waals surface area contributed by atoms with E-state index in [0.717, 1.165) is 17.7 Å². The molecule has 0 aliphatic carbocycles. The summed E-state index contributed by atoms with van der Waals surface area (Å²) >= 11 is 5.76. The molecule has 3 aromatic rings. The van der Waals surface area contributed by atoms with Gasteiger partial charge in [-0.1, -0.05) is 66.7 Å². The smallest absolute Gasteiger partial charge is 0.253 e. The number of nitrogen functional groups attached to an aromatic ring is 1. The molecule has 0 unspecified atom stereocenters. The first-order chi connectivity index (χ1) is 12.2. The molecule has 0 atom stereocenters. The average Bonchev–Trinajstić information content (AvgIpc) is 2.64. The average molecular weight is 351 g/mol. The summed E-state index contributed by atoms with van der Waals surface area (Å²) in [4.78, 5) is 11.8. The van der Waals surface area contributed by atoms with Gasteiger partial charge < -0.3 is 11.1 Å². The lowest BCUT2D eigenvalue weighted by atomic mass is 9.95. The Labute approximate surface area is 152 Å². The Morgan fingerprint density at radius 3 is 2.16 bits per heavy atom. The standard InChI is InChI=1S/C21H19ClN2O/c22-21(25)18-12-11-17(14-24-13-15-7-3-1-4-8-15)20(23)19(18)16-9-5-2-6-10-16/h1-12,24H,13-14,23H2. The minimum atomic E-state index is -0.505. The zero-order valence-electron chi connectivity index (χ0n) is 13.7. The summed E-state index contributed by atoms with van der Waals surface area (Å²) in [6.07, 6.45) is 0. The molecule has 3 N–H and O–H groups in total. The van der Waals surface area contributed by atoms with E-state index < -0.39 is 5.24 Å². The summed E-state index contributed by atoms with van der Waals surface area (Å²) < 4.78 is 0. The van der Waals surface area contributed by atoms with Crippen molar-refractivity contribution in [3.63, 3.8) is 0 Å². The molecule has 0 spiro atoms. The maximum Gasteiger partial charge on any atom is 0.253 e. The van der Waals surface area contributed by atoms with Gasteiger partial charge in [0.15, 0.2) is 0 Å². The van der Waals surface area contributed by atoms with E-state index in [1.807, 2.05) is 54.6 Å². The monoisotopic (exact) mass is 350 g/mol. The van der Waals surface area contributed by atoms with Crippen LogP contribution in [0.25, 0.3) is 11.1 Å². The third kappa shape index (κ3) is 4.08. The van der Waals surface area contributed by atoms with Crippen LogP contribution in [0.5, 0.6) is 0 Å². The van der Waals surface area contributed by atoms with Crippen LogP contribution in [0.4, 0.5) is 5.69 Å². The van der Waals surface area contributed by atoms with Crippen molar-refractivity contribution < 1.29 is 4.79 Å². The fourth-order valence-electron chi connectivity index (χ4n) is 2.83. The van der Waals surface area contributed by atoms with Gasteiger partial charge in [-0.25, -0.2) is 0 Å². The number of carbonyl (C=O) groups excluding carboxylic acids is 1. The highest BCUT2D eigenvalue weighted by Crippen LogP contribution is 2.33. The second-order valence-corrected chi connectivity index (χ2v) is 6.13. The molecule has 0 saturated carbocycles. The molecular formula is C21H19ClN2O. The van der Waals surface area contributed by atoms with Crippen molar-refractivity contribution in [3.05, 3.63) is 89.5 Å². The SMILES string of the molecule is Nc1c(CNCc2ccccc2)ccc(C(=O)Cl)c1-c1ccccc1. The van der Waals surface area contributed by atoms with Crippen LogP contribution in [0.1, 0.15) is 21.5 Å². The maximum atomic E-state index is 11.8. The van der Waals surface area contributed by atoms with Gasteiger partial charge in [-0.3, -0.25) is 4.79 Å². The first kappa shape index (κ1) is 17.2. The van der Waals surface area contributed by atoms with Gasteiger partial charge in [-0.15, -0.1) is 0 Å². The predicted molar refractivity (Wildman–Crippen MR) is 103 cm³/mol. The number of hydrogen-bond acceptors (Lipinski definition) is 3. The molecule has 3 aromatic carbocycles. The molecule has 4 heteroatoms. The fourth-order valence-corrected chi connectivity index (χ4v) is 2.99. The second kappa shape index (κ2) is 7.97. The van der Waals surface area contributed by atoms with E-state index in [4.69, 9.17) is 17.3 Å². The lowest BCUT2D eigenvalue weighted by Crippen LogP contribution is -2.15. The lowest BCUT2D eigenvalue weighted by Gasteiger charge is -2.15. The highest BCUT2D eigenvalue weighted by molar-refractivity contribution is 6.68. The lowest BCUT2D eigenvalue weighted by molar-refractivity contribution is 0.108. The summed E-state index contributed by atoms with van der Waals surface area (Å²) in [5.41, 5.74) is 11.1. The van der Waals surface area contributed by atoms with Crippen LogP contribution in [0.3, 0.4) is 0 Å². The van der Waals surface area contributed by atoms with Crippen molar-refractivity contribution in [1.82, 2.24) is 5.32 Å². The van der Waals surface area contributed by atoms with Gasteiger partial charge in [0.2, 0.25) is 0 Å². The summed E-state index contributed by atoms with van der Waals surface area (Å²) in [5.74, 6) is 0. The maximum absolute atomic E-state index is 11.8. The van der Waals surface area contributed by atoms with Gasteiger partial charge in [0.1, 0.15) is 0 Å². The summed E-state index contributed by atoms with van der Waals surface area (Å²) in [6.45, 7) is 1.36. The number of anilines is 1. The minimum Gasteiger partial charge on any atom is -0.398 e. The van der Waals surface area contributed by atoms with E-state index in [-0.39, 0.29) is 0 Å². The number of hydrogen-bond donors (Lipinski definition) is 2. The van der Waals surface area contributed by atoms with Crippen molar-refractivity contribution >= 4 is 22.5 Å². The van der Waals surface area contributed by atoms with E-state index in [9.17, 15) is 4.79 Å². The molecule has 0 aliphatic heterocycles. The molecule has 0 heterocycles. The van der Waals surface area contributed by atoms with Crippen molar-refractivity contribution in [3.8, 4) is 11.1 Å². The van der Waals surface area contributed by atoms with E-state index in [0.29, 0.717) is 23.4 Å². The molecule has 3 rings (SSSR count). The van der Waals surface area contributed by atoms with E-state index >= 15 is 0 Å². The van der Waals surface area contributed by atoms with Crippen LogP contribution in [-0.2, 0) is 13.1 Å². The van der Waals surface area contributed by atoms with E-state index in [1.54, 1.807) is 6.07 Å². The molecule has 25 heavy (non-hydrogen) atoms. The predicted octanol–water partition coefficient (Wildman–Crippen LogP) is 4.60. The van der Waals surface area contributed by atoms with Gasteiger partial charge >= 0.3 is 0 Å². The van der Waals surface area contributed by atoms with Crippen molar-refractivity contribution in [2.45, 2.75) is 13.1 Å². The van der Waals surface area contributed by atoms with Crippen molar-refractivity contribution in [2.24, 2.45) is 0 Å². The highest BCUT2D eigenvalue weighted by Gasteiger charge is 2.16. The van der Waals surface area contributed by atoms with E-state index in [2.05, 4.69) is 17.4 Å². The Hall–Kier alpha value is -2.62. The Bertz CT molecular complexity index is 864. The Morgan fingerprint density at radius 2 is 1.52 bits per heavy atom. The van der Waals surface area contributed by atoms with Crippen molar-refractivity contribution in [1.29, 1.82) is 0 Å². The normalized spacial score (nSPS) is 10.6. The van der Waals surface area contributed by atoms with Crippen LogP contribution in [-0.4, -0.2) is 5.24 Å².